The Morgan fingerprint density at radius 3 is 2.95 bits per heavy atom. The summed E-state index contributed by atoms with van der Waals surface area (Å²) in [5.41, 5.74) is 0. The molecule has 2 heterocycles. The van der Waals surface area contributed by atoms with E-state index in [9.17, 15) is 0 Å². The fraction of sp³-hybridized carbons (Fsp3) is 0.750. The third-order valence-electron chi connectivity index (χ3n) is 3.56. The Labute approximate surface area is 128 Å². The summed E-state index contributed by atoms with van der Waals surface area (Å²) in [6.45, 7) is 10.1. The van der Waals surface area contributed by atoms with Crippen LogP contribution < -0.4 is 10.2 Å². The average molecular weight is 292 g/mol. The second kappa shape index (κ2) is 8.17. The van der Waals surface area contributed by atoms with Crippen LogP contribution in [-0.4, -0.2) is 42.3 Å². The first-order chi connectivity index (χ1) is 10.2. The van der Waals surface area contributed by atoms with E-state index in [-0.39, 0.29) is 6.10 Å². The number of anilines is 2. The summed E-state index contributed by atoms with van der Waals surface area (Å²) in [7, 11) is 0. The van der Waals surface area contributed by atoms with Crippen molar-refractivity contribution >= 4 is 11.6 Å². The first-order valence-corrected chi connectivity index (χ1v) is 8.21. The molecule has 1 aromatic heterocycles. The van der Waals surface area contributed by atoms with Gasteiger partial charge in [-0.15, -0.1) is 0 Å². The summed E-state index contributed by atoms with van der Waals surface area (Å²) in [5, 5.41) is 3.39. The van der Waals surface area contributed by atoms with Crippen molar-refractivity contribution in [3.8, 4) is 0 Å². The van der Waals surface area contributed by atoms with Crippen LogP contribution in [0.1, 0.15) is 45.9 Å². The van der Waals surface area contributed by atoms with Gasteiger partial charge in [0, 0.05) is 38.7 Å². The number of hydrogen-bond donors (Lipinski definition) is 1. The van der Waals surface area contributed by atoms with Gasteiger partial charge < -0.3 is 15.0 Å². The molecule has 2 rings (SSSR count). The van der Waals surface area contributed by atoms with Crippen LogP contribution in [0.15, 0.2) is 6.07 Å². The van der Waals surface area contributed by atoms with E-state index >= 15 is 0 Å². The van der Waals surface area contributed by atoms with Crippen LogP contribution in [-0.2, 0) is 11.2 Å². The standard InChI is InChI=1S/C16H28N4O/c1-4-7-14-18-15(17-8-5-2)11-16(19-14)20-9-6-10-21-13(3)12-20/h11,13H,4-10,12H2,1-3H3,(H,17,18,19). The Morgan fingerprint density at radius 2 is 2.19 bits per heavy atom. The molecule has 0 saturated carbocycles. The molecular formula is C16H28N4O. The number of nitrogens with zero attached hydrogens (tertiary/aromatic N) is 3. The van der Waals surface area contributed by atoms with E-state index in [1.54, 1.807) is 0 Å². The quantitative estimate of drug-likeness (QED) is 0.873. The molecule has 0 aliphatic carbocycles. The molecule has 0 radical (unpaired) electrons. The third-order valence-corrected chi connectivity index (χ3v) is 3.56. The fourth-order valence-corrected chi connectivity index (χ4v) is 2.53. The Morgan fingerprint density at radius 1 is 1.33 bits per heavy atom. The zero-order valence-electron chi connectivity index (χ0n) is 13.6. The topological polar surface area (TPSA) is 50.3 Å². The normalized spacial score (nSPS) is 19.4. The summed E-state index contributed by atoms with van der Waals surface area (Å²) in [6, 6.07) is 2.08. The predicted octanol–water partition coefficient (Wildman–Crippen LogP) is 2.87. The van der Waals surface area contributed by atoms with Gasteiger partial charge in [0.05, 0.1) is 6.10 Å². The summed E-state index contributed by atoms with van der Waals surface area (Å²) >= 11 is 0. The molecule has 21 heavy (non-hydrogen) atoms. The highest BCUT2D eigenvalue weighted by atomic mass is 16.5. The van der Waals surface area contributed by atoms with E-state index < -0.39 is 0 Å². The molecule has 0 aromatic carbocycles. The molecule has 1 fully saturated rings. The van der Waals surface area contributed by atoms with Gasteiger partial charge in [0.15, 0.2) is 0 Å². The van der Waals surface area contributed by atoms with Gasteiger partial charge in [-0.2, -0.15) is 0 Å². The Kier molecular flexibility index (Phi) is 6.23. The minimum Gasteiger partial charge on any atom is -0.377 e. The maximum Gasteiger partial charge on any atom is 0.134 e. The van der Waals surface area contributed by atoms with Crippen molar-refractivity contribution in [2.45, 2.75) is 52.6 Å². The van der Waals surface area contributed by atoms with Crippen LogP contribution in [0.2, 0.25) is 0 Å². The van der Waals surface area contributed by atoms with E-state index in [1.807, 2.05) is 0 Å². The Bertz CT molecular complexity index is 438. The Hall–Kier alpha value is -1.36. The van der Waals surface area contributed by atoms with Crippen molar-refractivity contribution in [2.75, 3.05) is 36.5 Å². The maximum atomic E-state index is 5.73. The molecule has 1 saturated heterocycles. The first kappa shape index (κ1) is 16.0. The van der Waals surface area contributed by atoms with Gasteiger partial charge in [0.25, 0.3) is 0 Å². The van der Waals surface area contributed by atoms with Gasteiger partial charge in [-0.1, -0.05) is 13.8 Å². The van der Waals surface area contributed by atoms with Crippen molar-refractivity contribution in [1.82, 2.24) is 9.97 Å². The lowest BCUT2D eigenvalue weighted by Gasteiger charge is -2.24. The summed E-state index contributed by atoms with van der Waals surface area (Å²) < 4.78 is 5.73. The SMILES string of the molecule is CCCNc1cc(N2CCCOC(C)C2)nc(CCC)n1. The third kappa shape index (κ3) is 4.84. The highest BCUT2D eigenvalue weighted by molar-refractivity contribution is 5.49. The molecule has 0 amide bonds. The molecule has 5 heteroatoms. The highest BCUT2D eigenvalue weighted by Gasteiger charge is 2.17. The lowest BCUT2D eigenvalue weighted by molar-refractivity contribution is 0.0820. The Balaban J connectivity index is 2.20. The van der Waals surface area contributed by atoms with Gasteiger partial charge in [-0.25, -0.2) is 9.97 Å². The molecule has 1 aliphatic rings. The number of aromatic nitrogens is 2. The van der Waals surface area contributed by atoms with Gasteiger partial charge in [0.2, 0.25) is 0 Å². The molecule has 1 N–H and O–H groups in total. The smallest absolute Gasteiger partial charge is 0.134 e. The number of ether oxygens (including phenoxy) is 1. The van der Waals surface area contributed by atoms with Crippen LogP contribution in [0.25, 0.3) is 0 Å². The number of nitrogens with one attached hydrogen (secondary N) is 1. The molecule has 0 bridgehead atoms. The van der Waals surface area contributed by atoms with Crippen molar-refractivity contribution in [3.05, 3.63) is 11.9 Å². The molecule has 5 nitrogen and oxygen atoms in total. The van der Waals surface area contributed by atoms with E-state index in [0.717, 1.165) is 69.4 Å². The fourth-order valence-electron chi connectivity index (χ4n) is 2.53. The van der Waals surface area contributed by atoms with Gasteiger partial charge in [-0.3, -0.25) is 0 Å². The lowest BCUT2D eigenvalue weighted by Crippen LogP contribution is -2.31. The van der Waals surface area contributed by atoms with Crippen molar-refractivity contribution in [3.63, 3.8) is 0 Å². The van der Waals surface area contributed by atoms with E-state index in [2.05, 4.69) is 42.0 Å². The van der Waals surface area contributed by atoms with Crippen LogP contribution in [0.5, 0.6) is 0 Å². The van der Waals surface area contributed by atoms with Crippen LogP contribution in [0.4, 0.5) is 11.6 Å². The van der Waals surface area contributed by atoms with Crippen LogP contribution >= 0.6 is 0 Å². The minimum absolute atomic E-state index is 0.254. The molecule has 1 unspecified atom stereocenters. The van der Waals surface area contributed by atoms with Crippen LogP contribution in [0, 0.1) is 0 Å². The minimum atomic E-state index is 0.254. The highest BCUT2D eigenvalue weighted by Crippen LogP contribution is 2.19. The molecule has 0 spiro atoms. The second-order valence-corrected chi connectivity index (χ2v) is 5.69. The zero-order chi connectivity index (χ0) is 15.1. The summed E-state index contributed by atoms with van der Waals surface area (Å²) in [5.74, 6) is 2.92. The molecule has 1 aromatic rings. The van der Waals surface area contributed by atoms with Gasteiger partial charge >= 0.3 is 0 Å². The monoisotopic (exact) mass is 292 g/mol. The van der Waals surface area contributed by atoms with Crippen molar-refractivity contribution in [2.24, 2.45) is 0 Å². The van der Waals surface area contributed by atoms with E-state index in [4.69, 9.17) is 9.72 Å². The number of rotatable bonds is 6. The number of aryl methyl sites for hydroxylation is 1. The van der Waals surface area contributed by atoms with Crippen LogP contribution in [0.3, 0.4) is 0 Å². The lowest BCUT2D eigenvalue weighted by atomic mass is 10.3. The molecule has 1 aliphatic heterocycles. The number of hydrogen-bond acceptors (Lipinski definition) is 5. The van der Waals surface area contributed by atoms with E-state index in [0.29, 0.717) is 0 Å². The summed E-state index contributed by atoms with van der Waals surface area (Å²) in [6.07, 6.45) is 4.39. The average Bonchev–Trinajstić information content (AvgIpc) is 2.70. The molecular weight excluding hydrogens is 264 g/mol. The zero-order valence-corrected chi connectivity index (χ0v) is 13.6. The second-order valence-electron chi connectivity index (χ2n) is 5.69. The first-order valence-electron chi connectivity index (χ1n) is 8.21. The predicted molar refractivity (Wildman–Crippen MR) is 87.1 cm³/mol. The summed E-state index contributed by atoms with van der Waals surface area (Å²) in [4.78, 5) is 11.7. The van der Waals surface area contributed by atoms with E-state index in [1.165, 1.54) is 0 Å². The van der Waals surface area contributed by atoms with Crippen molar-refractivity contribution < 1.29 is 4.74 Å². The van der Waals surface area contributed by atoms with Gasteiger partial charge in [0.1, 0.15) is 17.5 Å². The van der Waals surface area contributed by atoms with Crippen molar-refractivity contribution in [1.29, 1.82) is 0 Å². The van der Waals surface area contributed by atoms with Gasteiger partial charge in [-0.05, 0) is 26.2 Å². The largest absolute Gasteiger partial charge is 0.377 e. The molecule has 118 valence electrons. The maximum absolute atomic E-state index is 5.73. The molecule has 1 atom stereocenters.